The quantitative estimate of drug-likeness (QED) is 0.616. The van der Waals surface area contributed by atoms with E-state index in [1.165, 1.54) is 17.5 Å². The Balaban J connectivity index is 1.85. The maximum Gasteiger partial charge on any atom is 0.267 e. The van der Waals surface area contributed by atoms with E-state index in [-0.39, 0.29) is 10.6 Å². The van der Waals surface area contributed by atoms with Crippen molar-refractivity contribution >= 4 is 50.2 Å². The van der Waals surface area contributed by atoms with Gasteiger partial charge in [-0.1, -0.05) is 17.7 Å². The third kappa shape index (κ3) is 4.62. The van der Waals surface area contributed by atoms with Crippen LogP contribution in [0.15, 0.2) is 58.8 Å². The number of thiophene rings is 1. The first-order valence-electron chi connectivity index (χ1n) is 7.38. The fourth-order valence-electron chi connectivity index (χ4n) is 2.21. The molecule has 1 amide bonds. The molecule has 3 rings (SSSR count). The number of amides is 1. The Kier molecular flexibility index (Phi) is 5.45. The maximum absolute atomic E-state index is 13.3. The lowest BCUT2D eigenvalue weighted by molar-refractivity contribution is 0.103. The molecule has 0 fully saturated rings. The fraction of sp³-hybridized carbons (Fsp3) is 0. The minimum atomic E-state index is -4.29. The van der Waals surface area contributed by atoms with Crippen LogP contribution in [0.2, 0.25) is 5.02 Å². The minimum absolute atomic E-state index is 0.0100. The highest BCUT2D eigenvalue weighted by atomic mass is 35.5. The van der Waals surface area contributed by atoms with E-state index in [2.05, 4.69) is 10.0 Å². The average Bonchev–Trinajstić information content (AvgIpc) is 3.01. The topological polar surface area (TPSA) is 75.3 Å². The zero-order valence-electron chi connectivity index (χ0n) is 13.4. The number of hydrogen-bond acceptors (Lipinski definition) is 4. The van der Waals surface area contributed by atoms with Gasteiger partial charge in [-0.05, 0) is 41.8 Å². The molecule has 0 aliphatic rings. The first kappa shape index (κ1) is 19.3. The van der Waals surface area contributed by atoms with Crippen LogP contribution in [-0.2, 0) is 10.0 Å². The van der Waals surface area contributed by atoms with Crippen molar-refractivity contribution in [2.24, 2.45) is 0 Å². The van der Waals surface area contributed by atoms with Crippen LogP contribution in [0.4, 0.5) is 20.2 Å². The van der Waals surface area contributed by atoms with Crippen LogP contribution in [0, 0.1) is 11.6 Å². The molecule has 0 saturated carbocycles. The highest BCUT2D eigenvalue weighted by Gasteiger charge is 2.21. The Labute approximate surface area is 162 Å². The second-order valence-electron chi connectivity index (χ2n) is 5.34. The number of hydrogen-bond donors (Lipinski definition) is 2. The van der Waals surface area contributed by atoms with E-state index in [1.54, 1.807) is 18.2 Å². The number of sulfonamides is 1. The molecule has 0 aliphatic heterocycles. The van der Waals surface area contributed by atoms with E-state index < -0.39 is 32.5 Å². The van der Waals surface area contributed by atoms with Crippen LogP contribution in [0.1, 0.15) is 9.67 Å². The molecule has 2 N–H and O–H groups in total. The standard InChI is InChI=1S/C17H11ClF2N2O3S2/c18-10-2-1-3-13(6-10)21-17(23)16-15(4-5-26-16)22-27(24,25)14-8-11(19)7-12(20)9-14/h1-9,22H,(H,21,23). The Morgan fingerprint density at radius 2 is 1.74 bits per heavy atom. The van der Waals surface area contributed by atoms with Crippen LogP contribution in [-0.4, -0.2) is 14.3 Å². The molecule has 3 aromatic rings. The highest BCUT2D eigenvalue weighted by molar-refractivity contribution is 7.92. The summed E-state index contributed by atoms with van der Waals surface area (Å²) < 4.78 is 53.6. The lowest BCUT2D eigenvalue weighted by atomic mass is 10.3. The van der Waals surface area contributed by atoms with Crippen molar-refractivity contribution in [2.75, 3.05) is 10.0 Å². The minimum Gasteiger partial charge on any atom is -0.321 e. The van der Waals surface area contributed by atoms with Gasteiger partial charge in [0, 0.05) is 16.8 Å². The Hall–Kier alpha value is -2.49. The van der Waals surface area contributed by atoms with Gasteiger partial charge in [-0.2, -0.15) is 0 Å². The molecule has 0 spiro atoms. The molecule has 10 heteroatoms. The third-order valence-corrected chi connectivity index (χ3v) is 5.84. The number of carbonyl (C=O) groups excluding carboxylic acids is 1. The van der Waals surface area contributed by atoms with Gasteiger partial charge in [-0.15, -0.1) is 11.3 Å². The van der Waals surface area contributed by atoms with Crippen LogP contribution in [0.3, 0.4) is 0 Å². The molecular formula is C17H11ClF2N2O3S2. The van der Waals surface area contributed by atoms with Gasteiger partial charge in [0.15, 0.2) is 0 Å². The van der Waals surface area contributed by atoms with Gasteiger partial charge in [-0.25, -0.2) is 17.2 Å². The molecule has 140 valence electrons. The average molecular weight is 429 g/mol. The van der Waals surface area contributed by atoms with Gasteiger partial charge in [-0.3, -0.25) is 9.52 Å². The summed E-state index contributed by atoms with van der Waals surface area (Å²) in [6.45, 7) is 0. The predicted octanol–water partition coefficient (Wildman–Crippen LogP) is 4.73. The summed E-state index contributed by atoms with van der Waals surface area (Å²) in [5.41, 5.74) is 0.422. The first-order valence-corrected chi connectivity index (χ1v) is 10.1. The second kappa shape index (κ2) is 7.63. The molecule has 0 unspecified atom stereocenters. The predicted molar refractivity (Wildman–Crippen MR) is 101 cm³/mol. The van der Waals surface area contributed by atoms with E-state index in [9.17, 15) is 22.0 Å². The van der Waals surface area contributed by atoms with Crippen molar-refractivity contribution in [2.45, 2.75) is 4.90 Å². The first-order chi connectivity index (χ1) is 12.7. The summed E-state index contributed by atoms with van der Waals surface area (Å²) in [6, 6.07) is 9.75. The molecule has 5 nitrogen and oxygen atoms in total. The number of halogens is 3. The van der Waals surface area contributed by atoms with Crippen LogP contribution < -0.4 is 10.0 Å². The molecular weight excluding hydrogens is 418 g/mol. The number of rotatable bonds is 5. The molecule has 1 heterocycles. The molecule has 0 radical (unpaired) electrons. The van der Waals surface area contributed by atoms with Gasteiger partial charge >= 0.3 is 0 Å². The fourth-order valence-corrected chi connectivity index (χ4v) is 4.32. The Morgan fingerprint density at radius 3 is 2.41 bits per heavy atom. The van der Waals surface area contributed by atoms with E-state index in [4.69, 9.17) is 11.6 Å². The van der Waals surface area contributed by atoms with Crippen molar-refractivity contribution in [3.05, 3.63) is 75.4 Å². The normalized spacial score (nSPS) is 11.2. The summed E-state index contributed by atoms with van der Waals surface area (Å²) >= 11 is 6.87. The highest BCUT2D eigenvalue weighted by Crippen LogP contribution is 2.27. The van der Waals surface area contributed by atoms with Crippen LogP contribution in [0.25, 0.3) is 0 Å². The van der Waals surface area contributed by atoms with E-state index in [0.29, 0.717) is 28.9 Å². The molecule has 2 aromatic carbocycles. The van der Waals surface area contributed by atoms with Crippen molar-refractivity contribution < 1.29 is 22.0 Å². The summed E-state index contributed by atoms with van der Waals surface area (Å²) in [6.07, 6.45) is 0. The van der Waals surface area contributed by atoms with Crippen LogP contribution in [0.5, 0.6) is 0 Å². The molecule has 0 atom stereocenters. The van der Waals surface area contributed by atoms with E-state index >= 15 is 0 Å². The molecule has 1 aromatic heterocycles. The van der Waals surface area contributed by atoms with E-state index in [0.717, 1.165) is 11.3 Å². The number of anilines is 2. The monoisotopic (exact) mass is 428 g/mol. The largest absolute Gasteiger partial charge is 0.321 e. The summed E-state index contributed by atoms with van der Waals surface area (Å²) in [5.74, 6) is -2.62. The van der Waals surface area contributed by atoms with Crippen molar-refractivity contribution in [3.63, 3.8) is 0 Å². The van der Waals surface area contributed by atoms with Crippen LogP contribution >= 0.6 is 22.9 Å². The number of carbonyl (C=O) groups is 1. The Bertz CT molecular complexity index is 1100. The van der Waals surface area contributed by atoms with Gasteiger partial charge in [0.05, 0.1) is 10.6 Å². The lowest BCUT2D eigenvalue weighted by Gasteiger charge is -2.10. The maximum atomic E-state index is 13.3. The lowest BCUT2D eigenvalue weighted by Crippen LogP contribution is -2.17. The van der Waals surface area contributed by atoms with Gasteiger partial charge < -0.3 is 5.32 Å². The molecule has 0 saturated heterocycles. The van der Waals surface area contributed by atoms with Crippen molar-refractivity contribution in [3.8, 4) is 0 Å². The zero-order chi connectivity index (χ0) is 19.6. The molecule has 0 aliphatic carbocycles. The summed E-state index contributed by atoms with van der Waals surface area (Å²) in [4.78, 5) is 11.9. The van der Waals surface area contributed by atoms with Crippen molar-refractivity contribution in [1.29, 1.82) is 0 Å². The van der Waals surface area contributed by atoms with Crippen molar-refractivity contribution in [1.82, 2.24) is 0 Å². The summed E-state index contributed by atoms with van der Waals surface area (Å²) in [5, 5.41) is 4.54. The third-order valence-electron chi connectivity index (χ3n) is 3.34. The summed E-state index contributed by atoms with van der Waals surface area (Å²) in [7, 11) is -4.29. The molecule has 0 bridgehead atoms. The smallest absolute Gasteiger partial charge is 0.267 e. The second-order valence-corrected chi connectivity index (χ2v) is 8.37. The van der Waals surface area contributed by atoms with E-state index in [1.807, 2.05) is 0 Å². The number of nitrogens with one attached hydrogen (secondary N) is 2. The Morgan fingerprint density at radius 1 is 1.04 bits per heavy atom. The SMILES string of the molecule is O=C(Nc1cccc(Cl)c1)c1sccc1NS(=O)(=O)c1cc(F)cc(F)c1. The molecule has 27 heavy (non-hydrogen) atoms. The van der Waals surface area contributed by atoms with Gasteiger partial charge in [0.1, 0.15) is 16.5 Å². The van der Waals surface area contributed by atoms with Gasteiger partial charge in [0.25, 0.3) is 15.9 Å². The number of benzene rings is 2. The van der Waals surface area contributed by atoms with Gasteiger partial charge in [0.2, 0.25) is 0 Å². The zero-order valence-corrected chi connectivity index (χ0v) is 15.8.